The molecule has 0 saturated carbocycles. The lowest BCUT2D eigenvalue weighted by Crippen LogP contribution is -2.45. The highest BCUT2D eigenvalue weighted by Crippen LogP contribution is 2.29. The summed E-state index contributed by atoms with van der Waals surface area (Å²) >= 11 is 0. The Balaban J connectivity index is 1.63. The third kappa shape index (κ3) is 3.35. The lowest BCUT2D eigenvalue weighted by molar-refractivity contribution is -0.134. The Morgan fingerprint density at radius 3 is 3.04 bits per heavy atom. The lowest BCUT2D eigenvalue weighted by Gasteiger charge is -2.25. The number of hydrogen-bond acceptors (Lipinski definition) is 4. The average Bonchev–Trinajstić information content (AvgIpc) is 3.05. The summed E-state index contributed by atoms with van der Waals surface area (Å²) in [7, 11) is 1.62. The van der Waals surface area contributed by atoms with Crippen molar-refractivity contribution in [1.29, 1.82) is 0 Å². The smallest absolute Gasteiger partial charge is 0.231 e. The molecule has 0 unspecified atom stereocenters. The van der Waals surface area contributed by atoms with E-state index in [1.54, 1.807) is 13.3 Å². The third-order valence-corrected chi connectivity index (χ3v) is 4.40. The molecule has 122 valence electrons. The van der Waals surface area contributed by atoms with Crippen LogP contribution in [0, 0.1) is 5.41 Å². The summed E-state index contributed by atoms with van der Waals surface area (Å²) in [5.41, 5.74) is 1.61. The van der Waals surface area contributed by atoms with Gasteiger partial charge in [0.05, 0.1) is 24.1 Å². The third-order valence-electron chi connectivity index (χ3n) is 4.40. The van der Waals surface area contributed by atoms with Gasteiger partial charge in [-0.15, -0.1) is 0 Å². The summed E-state index contributed by atoms with van der Waals surface area (Å²) in [4.78, 5) is 17.0. The number of hydrogen-bond donors (Lipinski definition) is 1. The van der Waals surface area contributed by atoms with Gasteiger partial charge in [-0.2, -0.15) is 0 Å². The number of ether oxygens (including phenoxy) is 2. The van der Waals surface area contributed by atoms with Crippen molar-refractivity contribution in [3.8, 4) is 0 Å². The number of benzene rings is 1. The molecular weight excluding hydrogens is 292 g/mol. The number of pyridine rings is 1. The predicted molar refractivity (Wildman–Crippen MR) is 88.2 cm³/mol. The van der Waals surface area contributed by atoms with Crippen LogP contribution in [0.1, 0.15) is 12.0 Å². The largest absolute Gasteiger partial charge is 0.383 e. The molecule has 2 aromatic rings. The van der Waals surface area contributed by atoms with Gasteiger partial charge < -0.3 is 14.8 Å². The van der Waals surface area contributed by atoms with E-state index in [0.29, 0.717) is 32.8 Å². The van der Waals surface area contributed by atoms with E-state index < -0.39 is 5.41 Å². The van der Waals surface area contributed by atoms with Gasteiger partial charge in [-0.25, -0.2) is 0 Å². The molecule has 2 heterocycles. The highest BCUT2D eigenvalue weighted by molar-refractivity contribution is 5.84. The van der Waals surface area contributed by atoms with Crippen molar-refractivity contribution < 1.29 is 14.3 Å². The van der Waals surface area contributed by atoms with Crippen LogP contribution in [-0.4, -0.2) is 44.4 Å². The molecule has 0 aliphatic carbocycles. The molecule has 1 atom stereocenters. The number of nitrogens with zero attached hydrogens (tertiary/aromatic N) is 1. The standard InChI is InChI=1S/C18H22N2O3/c1-22-12-18(8-11-23-13-18)17(21)20-10-7-15-5-2-4-14-6-3-9-19-16(14)15/h2-6,9H,7-8,10-13H2,1H3,(H,20,21)/t18-/m0/s1. The fourth-order valence-corrected chi connectivity index (χ4v) is 3.11. The van der Waals surface area contributed by atoms with Gasteiger partial charge >= 0.3 is 0 Å². The minimum absolute atomic E-state index is 0.0186. The number of methoxy groups -OCH3 is 1. The maximum absolute atomic E-state index is 12.5. The van der Waals surface area contributed by atoms with Crippen LogP contribution >= 0.6 is 0 Å². The van der Waals surface area contributed by atoms with Crippen LogP contribution in [0.3, 0.4) is 0 Å². The number of para-hydroxylation sites is 1. The van der Waals surface area contributed by atoms with E-state index in [2.05, 4.69) is 16.4 Å². The fourth-order valence-electron chi connectivity index (χ4n) is 3.11. The molecule has 1 fully saturated rings. The van der Waals surface area contributed by atoms with Crippen LogP contribution in [0.25, 0.3) is 10.9 Å². The molecule has 3 rings (SSSR count). The van der Waals surface area contributed by atoms with Crippen LogP contribution < -0.4 is 5.32 Å². The Hall–Kier alpha value is -1.98. The van der Waals surface area contributed by atoms with Gasteiger partial charge in [0.25, 0.3) is 0 Å². The first kappa shape index (κ1) is 15.9. The first-order chi connectivity index (χ1) is 11.2. The monoisotopic (exact) mass is 314 g/mol. The van der Waals surface area contributed by atoms with E-state index in [0.717, 1.165) is 22.9 Å². The normalized spacial score (nSPS) is 20.7. The van der Waals surface area contributed by atoms with Crippen LogP contribution in [0.5, 0.6) is 0 Å². The summed E-state index contributed by atoms with van der Waals surface area (Å²) in [6.07, 6.45) is 3.26. The van der Waals surface area contributed by atoms with Crippen molar-refractivity contribution in [2.24, 2.45) is 5.41 Å². The number of fused-ring (bicyclic) bond motifs is 1. The summed E-state index contributed by atoms with van der Waals surface area (Å²) in [6.45, 7) is 2.03. The topological polar surface area (TPSA) is 60.5 Å². The zero-order valence-corrected chi connectivity index (χ0v) is 13.4. The molecule has 1 aromatic carbocycles. The van der Waals surface area contributed by atoms with E-state index >= 15 is 0 Å². The maximum Gasteiger partial charge on any atom is 0.231 e. The molecule has 5 heteroatoms. The average molecular weight is 314 g/mol. The number of rotatable bonds is 6. The van der Waals surface area contributed by atoms with Gasteiger partial charge in [-0.05, 0) is 24.5 Å². The Morgan fingerprint density at radius 2 is 2.26 bits per heavy atom. The minimum atomic E-state index is -0.536. The second-order valence-electron chi connectivity index (χ2n) is 6.01. The molecule has 0 radical (unpaired) electrons. The summed E-state index contributed by atoms with van der Waals surface area (Å²) in [5.74, 6) is 0.0186. The second-order valence-corrected chi connectivity index (χ2v) is 6.01. The minimum Gasteiger partial charge on any atom is -0.383 e. The Labute approximate surface area is 136 Å². The van der Waals surface area contributed by atoms with Gasteiger partial charge in [0.1, 0.15) is 0 Å². The molecule has 0 bridgehead atoms. The van der Waals surface area contributed by atoms with Gasteiger partial charge in [-0.3, -0.25) is 9.78 Å². The second kappa shape index (κ2) is 7.06. The SMILES string of the molecule is COC[C@@]1(C(=O)NCCc2cccc3cccnc23)CCOC1. The molecule has 1 N–H and O–H groups in total. The van der Waals surface area contributed by atoms with Crippen molar-refractivity contribution >= 4 is 16.8 Å². The van der Waals surface area contributed by atoms with Crippen LogP contribution in [0.15, 0.2) is 36.5 Å². The zero-order valence-electron chi connectivity index (χ0n) is 13.4. The zero-order chi connectivity index (χ0) is 16.1. The van der Waals surface area contributed by atoms with Gasteiger partial charge in [0.15, 0.2) is 0 Å². The predicted octanol–water partition coefficient (Wildman–Crippen LogP) is 1.95. The molecular formula is C18H22N2O3. The number of aromatic nitrogens is 1. The first-order valence-electron chi connectivity index (χ1n) is 7.93. The molecule has 0 spiro atoms. The lowest BCUT2D eigenvalue weighted by atomic mass is 9.87. The Bertz CT molecular complexity index is 676. The quantitative estimate of drug-likeness (QED) is 0.885. The number of carbonyl (C=O) groups excluding carboxylic acids is 1. The first-order valence-corrected chi connectivity index (χ1v) is 7.93. The molecule has 1 aromatic heterocycles. The van der Waals surface area contributed by atoms with Gasteiger partial charge in [0.2, 0.25) is 5.91 Å². The van der Waals surface area contributed by atoms with E-state index in [9.17, 15) is 4.79 Å². The molecule has 1 saturated heterocycles. The van der Waals surface area contributed by atoms with E-state index in [4.69, 9.17) is 9.47 Å². The number of carbonyl (C=O) groups is 1. The molecule has 1 amide bonds. The van der Waals surface area contributed by atoms with Crippen LogP contribution in [-0.2, 0) is 20.7 Å². The summed E-state index contributed by atoms with van der Waals surface area (Å²) < 4.78 is 10.6. The van der Waals surface area contributed by atoms with Gasteiger partial charge in [-0.1, -0.05) is 24.3 Å². The maximum atomic E-state index is 12.5. The number of nitrogens with one attached hydrogen (secondary N) is 1. The molecule has 1 aliphatic heterocycles. The highest BCUT2D eigenvalue weighted by Gasteiger charge is 2.42. The Morgan fingerprint density at radius 1 is 1.39 bits per heavy atom. The van der Waals surface area contributed by atoms with Crippen molar-refractivity contribution in [2.45, 2.75) is 12.8 Å². The van der Waals surface area contributed by atoms with Crippen molar-refractivity contribution in [3.63, 3.8) is 0 Å². The van der Waals surface area contributed by atoms with Crippen LogP contribution in [0.4, 0.5) is 0 Å². The van der Waals surface area contributed by atoms with Crippen molar-refractivity contribution in [2.75, 3.05) is 33.5 Å². The highest BCUT2D eigenvalue weighted by atomic mass is 16.5. The Kier molecular flexibility index (Phi) is 4.88. The van der Waals surface area contributed by atoms with E-state index in [1.165, 1.54) is 0 Å². The van der Waals surface area contributed by atoms with E-state index in [-0.39, 0.29) is 5.91 Å². The summed E-state index contributed by atoms with van der Waals surface area (Å²) in [5, 5.41) is 4.16. The number of amides is 1. The van der Waals surface area contributed by atoms with E-state index in [1.807, 2.05) is 24.3 Å². The van der Waals surface area contributed by atoms with Crippen molar-refractivity contribution in [1.82, 2.24) is 10.3 Å². The summed E-state index contributed by atoms with van der Waals surface area (Å²) in [6, 6.07) is 10.1. The molecule has 1 aliphatic rings. The van der Waals surface area contributed by atoms with Crippen LogP contribution in [0.2, 0.25) is 0 Å². The molecule has 5 nitrogen and oxygen atoms in total. The molecule has 23 heavy (non-hydrogen) atoms. The fraction of sp³-hybridized carbons (Fsp3) is 0.444. The van der Waals surface area contributed by atoms with Gasteiger partial charge in [0, 0.05) is 31.8 Å². The van der Waals surface area contributed by atoms with Crippen molar-refractivity contribution in [3.05, 3.63) is 42.1 Å².